The number of hydrogen-bond acceptors (Lipinski definition) is 16. The number of nitrogens with zero attached hydrogens (tertiary/aromatic N) is 3. The Labute approximate surface area is 323 Å². The highest BCUT2D eigenvalue weighted by Crippen LogP contribution is 2.64. The molecule has 322 valence electrons. The minimum Gasteiger partial charge on any atom is -0.492 e. The van der Waals surface area contributed by atoms with E-state index in [0.29, 0.717) is 18.0 Å². The van der Waals surface area contributed by atoms with Crippen LogP contribution in [0.1, 0.15) is 90.7 Å². The second-order valence-corrected chi connectivity index (χ2v) is 17.9. The number of nitrogens with one attached hydrogen (secondary N) is 1. The van der Waals surface area contributed by atoms with Crippen molar-refractivity contribution in [2.75, 3.05) is 26.3 Å². The molecule has 1 amide bonds. The van der Waals surface area contributed by atoms with Crippen LogP contribution in [0, 0.1) is 5.92 Å². The van der Waals surface area contributed by atoms with Crippen molar-refractivity contribution in [3.05, 3.63) is 44.4 Å². The molecule has 9 unspecified atom stereocenters. The summed E-state index contributed by atoms with van der Waals surface area (Å²) in [4.78, 5) is 59.3. The number of nitrogens with two attached hydrogens (primary N) is 2. The zero-order valence-electron chi connectivity index (χ0n) is 31.6. The summed E-state index contributed by atoms with van der Waals surface area (Å²) in [5, 5.41) is 52.9. The molecule has 1 aliphatic carbocycles. The zero-order valence-corrected chi connectivity index (χ0v) is 33.4. The monoisotopic (exact) mass is 844 g/mol. The molecule has 1 aromatic heterocycles. The Balaban J connectivity index is 1.61. The Morgan fingerprint density at radius 1 is 0.946 bits per heavy atom. The number of carbonyl (C=O) groups is 1. The topological polar surface area (TPSA) is 343 Å². The van der Waals surface area contributed by atoms with Gasteiger partial charge in [0.2, 0.25) is 5.91 Å². The van der Waals surface area contributed by atoms with Crippen LogP contribution in [0.4, 0.5) is 0 Å². The molecule has 0 saturated carbocycles. The fraction of sp³-hybridized carbons (Fsp3) is 0.781. The number of hydrogen-bond donors (Lipinski definition) is 10. The van der Waals surface area contributed by atoms with Crippen molar-refractivity contribution in [1.29, 1.82) is 0 Å². The average molecular weight is 845 g/mol. The number of aromatic amines is 1. The molecule has 1 saturated heterocycles. The summed E-state index contributed by atoms with van der Waals surface area (Å²) < 4.78 is 48.6. The van der Waals surface area contributed by atoms with Gasteiger partial charge in [0, 0.05) is 24.4 Å². The molecule has 0 spiro atoms. The fourth-order valence-electron chi connectivity index (χ4n) is 6.33. The van der Waals surface area contributed by atoms with Crippen molar-refractivity contribution < 1.29 is 67.9 Å². The molecule has 9 atom stereocenters. The van der Waals surface area contributed by atoms with Gasteiger partial charge in [-0.25, -0.2) is 19.8 Å². The summed E-state index contributed by atoms with van der Waals surface area (Å²) >= 11 is 0. The fourth-order valence-corrected chi connectivity index (χ4v) is 9.39. The third-order valence-electron chi connectivity index (χ3n) is 9.35. The number of hydrazine groups is 1. The van der Waals surface area contributed by atoms with Crippen molar-refractivity contribution in [1.82, 2.24) is 19.2 Å². The Kier molecular flexibility index (Phi) is 19.0. The van der Waals surface area contributed by atoms with Gasteiger partial charge in [0.05, 0.1) is 13.2 Å². The van der Waals surface area contributed by atoms with E-state index < -0.39 is 107 Å². The van der Waals surface area contributed by atoms with Crippen molar-refractivity contribution in [2.45, 2.75) is 127 Å². The number of unbranched alkanes of at least 4 members (excludes halogenated alkanes) is 9. The number of aromatic nitrogens is 2. The van der Waals surface area contributed by atoms with E-state index in [1.165, 1.54) is 32.1 Å². The zero-order chi connectivity index (χ0) is 41.8. The number of carbonyl (C=O) groups excluding carboxylic acids is 1. The predicted molar refractivity (Wildman–Crippen MR) is 197 cm³/mol. The van der Waals surface area contributed by atoms with E-state index in [2.05, 4.69) is 13.8 Å². The highest BCUT2D eigenvalue weighted by Gasteiger charge is 2.53. The van der Waals surface area contributed by atoms with Crippen LogP contribution in [0.3, 0.4) is 0 Å². The van der Waals surface area contributed by atoms with Crippen molar-refractivity contribution in [3.8, 4) is 0 Å². The Bertz CT molecular complexity index is 1660. The number of primary amides is 1. The largest absolute Gasteiger partial charge is 0.492 e. The van der Waals surface area contributed by atoms with E-state index in [-0.39, 0.29) is 11.0 Å². The predicted octanol–water partition coefficient (Wildman–Crippen LogP) is -0.418. The highest BCUT2D eigenvalue weighted by atomic mass is 31.3. The molecular formula is C32H58N6O16P2. The van der Waals surface area contributed by atoms with Gasteiger partial charge in [-0.15, -0.1) is 9.61 Å². The van der Waals surface area contributed by atoms with Gasteiger partial charge in [-0.05, 0) is 12.3 Å². The number of H-pyrrole nitrogens is 1. The van der Waals surface area contributed by atoms with E-state index in [9.17, 15) is 58.8 Å². The van der Waals surface area contributed by atoms with E-state index in [1.807, 2.05) is 4.98 Å². The molecule has 3 rings (SSSR count). The first-order valence-corrected chi connectivity index (χ1v) is 21.6. The molecule has 0 bridgehead atoms. The molecule has 1 aliphatic heterocycles. The van der Waals surface area contributed by atoms with Gasteiger partial charge in [0.15, 0.2) is 12.3 Å². The molecule has 24 heteroatoms. The summed E-state index contributed by atoms with van der Waals surface area (Å²) in [5.74, 6) is 4.44. The van der Waals surface area contributed by atoms with Crippen LogP contribution in [0.5, 0.6) is 0 Å². The smallest absolute Gasteiger partial charge is 0.433 e. The second kappa shape index (κ2) is 22.1. The Morgan fingerprint density at radius 2 is 1.54 bits per heavy atom. The minimum absolute atomic E-state index is 0.0863. The highest BCUT2D eigenvalue weighted by molar-refractivity contribution is 7.66. The van der Waals surface area contributed by atoms with Crippen molar-refractivity contribution in [3.63, 3.8) is 0 Å². The van der Waals surface area contributed by atoms with Crippen molar-refractivity contribution in [2.24, 2.45) is 17.5 Å². The minimum atomic E-state index is -5.76. The lowest BCUT2D eigenvalue weighted by Gasteiger charge is -2.32. The lowest BCUT2D eigenvalue weighted by atomic mass is 10.0. The van der Waals surface area contributed by atoms with Gasteiger partial charge in [0.1, 0.15) is 42.9 Å². The molecule has 56 heavy (non-hydrogen) atoms. The quantitative estimate of drug-likeness (QED) is 0.0245. The van der Waals surface area contributed by atoms with Crippen LogP contribution in [-0.4, -0.2) is 123 Å². The van der Waals surface area contributed by atoms with Gasteiger partial charge < -0.3 is 50.5 Å². The Morgan fingerprint density at radius 3 is 2.09 bits per heavy atom. The molecule has 1 aromatic rings. The van der Waals surface area contributed by atoms with Crippen LogP contribution in [0.25, 0.3) is 0 Å². The molecule has 2 heterocycles. The summed E-state index contributed by atoms with van der Waals surface area (Å²) in [6.45, 7) is 1.19. The van der Waals surface area contributed by atoms with Crippen LogP contribution in [-0.2, 0) is 32.5 Å². The van der Waals surface area contributed by atoms with Gasteiger partial charge in [-0.2, -0.15) is 4.62 Å². The van der Waals surface area contributed by atoms with Gasteiger partial charge in [-0.3, -0.25) is 23.7 Å². The third kappa shape index (κ3) is 13.6. The molecule has 0 aromatic carbocycles. The van der Waals surface area contributed by atoms with Gasteiger partial charge in [-0.1, -0.05) is 78.1 Å². The average Bonchev–Trinajstić information content (AvgIpc) is 3.51. The number of ether oxygens (including phenoxy) is 2. The maximum Gasteiger partial charge on any atom is 0.433 e. The number of aliphatic hydroxyl groups excluding tert-OH is 5. The summed E-state index contributed by atoms with van der Waals surface area (Å²) in [6, 6.07) is 0.964. The SMILES string of the molecule is CC(C)CCCCCCCCCCCCN(N)OP(=O)(O)N(CC(N)=O)P(=O)(O)OC1C(OCC2OC(n3ccc(=O)[nH]c3=O)C(O)C2O)=C(CO)C(O)C1O. The first kappa shape index (κ1) is 48.0. The number of aliphatic hydroxyl groups is 5. The standard InChI is InChI=1S/C32H58N6O16P2/c1-20(2)13-11-9-7-5-3-4-6-8-10-12-15-37(34)54-56(49,50)38(17-23(33)40)55(47,48)53-30-27(44)25(42)21(18-39)29(30)51-19-22-26(43)28(45)31(52-22)36-16-14-24(41)35-32(36)46/h14,16,20,22,25-28,30-31,39,42-45H,3-13,15,17-19,34H2,1-2H3,(H2,33,40)(H,47,48)(H,49,50)(H,35,41,46). The molecule has 2 aliphatic rings. The van der Waals surface area contributed by atoms with Crippen LogP contribution in [0.2, 0.25) is 0 Å². The molecule has 0 radical (unpaired) electrons. The van der Waals surface area contributed by atoms with Gasteiger partial charge >= 0.3 is 21.2 Å². The lowest BCUT2D eigenvalue weighted by molar-refractivity contribution is -0.119. The maximum atomic E-state index is 13.6. The summed E-state index contributed by atoms with van der Waals surface area (Å²) in [7, 11) is -11.3. The van der Waals surface area contributed by atoms with Gasteiger partial charge in [0.25, 0.3) is 5.56 Å². The first-order chi connectivity index (χ1) is 26.3. The van der Waals surface area contributed by atoms with Crippen LogP contribution < -0.4 is 22.8 Å². The van der Waals surface area contributed by atoms with E-state index >= 15 is 0 Å². The molecular weight excluding hydrogens is 786 g/mol. The molecule has 1 fully saturated rings. The van der Waals surface area contributed by atoms with E-state index in [4.69, 9.17) is 30.2 Å². The van der Waals surface area contributed by atoms with Crippen LogP contribution in [0.15, 0.2) is 33.2 Å². The van der Waals surface area contributed by atoms with E-state index in [0.717, 1.165) is 48.4 Å². The summed E-state index contributed by atoms with van der Waals surface area (Å²) in [5.41, 5.74) is 3.01. The second-order valence-electron chi connectivity index (χ2n) is 14.3. The lowest BCUT2D eigenvalue weighted by Crippen LogP contribution is -2.39. The van der Waals surface area contributed by atoms with E-state index in [1.54, 1.807) is 0 Å². The Hall–Kier alpha value is -2.37. The summed E-state index contributed by atoms with van der Waals surface area (Å²) in [6.07, 6.45) is -0.431. The van der Waals surface area contributed by atoms with Crippen LogP contribution >= 0.6 is 15.5 Å². The normalized spacial score (nSPS) is 26.3. The third-order valence-corrected chi connectivity index (χ3v) is 13.1. The molecule has 22 nitrogen and oxygen atoms in total. The number of amides is 1. The number of hydroxylamine groups is 1. The first-order valence-electron chi connectivity index (χ1n) is 18.6. The molecule has 12 N–H and O–H groups in total. The number of rotatable bonds is 26. The van der Waals surface area contributed by atoms with Crippen molar-refractivity contribution >= 4 is 21.4 Å². The maximum absolute atomic E-state index is 13.6.